The topological polar surface area (TPSA) is 64.1 Å². The van der Waals surface area contributed by atoms with Crippen LogP contribution in [0.15, 0.2) is 24.3 Å². The van der Waals surface area contributed by atoms with Crippen molar-refractivity contribution in [2.24, 2.45) is 5.92 Å². The molecule has 1 aliphatic rings. The Morgan fingerprint density at radius 2 is 2.09 bits per heavy atom. The Balaban J connectivity index is 1.82. The molecular formula is C17H21N3O2. The molecule has 0 amide bonds. The minimum absolute atomic E-state index is 0.215. The van der Waals surface area contributed by atoms with E-state index in [2.05, 4.69) is 15.3 Å². The number of fused-ring (bicyclic) bond motifs is 1. The van der Waals surface area contributed by atoms with E-state index in [1.54, 1.807) is 0 Å². The van der Waals surface area contributed by atoms with Crippen molar-refractivity contribution >= 4 is 16.9 Å². The average Bonchev–Trinajstić information content (AvgIpc) is 3.37. The highest BCUT2D eigenvalue weighted by Gasteiger charge is 2.47. The molecule has 1 atom stereocenters. The van der Waals surface area contributed by atoms with Gasteiger partial charge >= 0.3 is 5.97 Å². The average molecular weight is 299 g/mol. The number of hydrogen-bond donors (Lipinski definition) is 1. The second-order valence-corrected chi connectivity index (χ2v) is 6.06. The maximum absolute atomic E-state index is 12.1. The largest absolute Gasteiger partial charge is 0.468 e. The molecule has 1 heterocycles. The molecule has 0 spiro atoms. The minimum atomic E-state index is -0.655. The van der Waals surface area contributed by atoms with E-state index < -0.39 is 5.54 Å². The first-order valence-electron chi connectivity index (χ1n) is 7.60. The molecule has 1 N–H and O–H groups in total. The van der Waals surface area contributed by atoms with Gasteiger partial charge in [-0.15, -0.1) is 0 Å². The Morgan fingerprint density at radius 1 is 1.36 bits per heavy atom. The molecule has 1 unspecified atom stereocenters. The van der Waals surface area contributed by atoms with E-state index >= 15 is 0 Å². The van der Waals surface area contributed by atoms with Crippen LogP contribution in [-0.2, 0) is 16.1 Å². The summed E-state index contributed by atoms with van der Waals surface area (Å²) in [5.41, 5.74) is 1.23. The third-order valence-corrected chi connectivity index (χ3v) is 4.46. The van der Waals surface area contributed by atoms with Gasteiger partial charge in [-0.25, -0.2) is 9.97 Å². The fraction of sp³-hybridized carbons (Fsp3) is 0.471. The van der Waals surface area contributed by atoms with Gasteiger partial charge in [-0.1, -0.05) is 18.2 Å². The molecule has 0 bridgehead atoms. The number of methoxy groups -OCH3 is 1. The predicted octanol–water partition coefficient (Wildman–Crippen LogP) is 2.37. The van der Waals surface area contributed by atoms with E-state index in [1.165, 1.54) is 7.11 Å². The number of nitrogens with zero attached hydrogens (tertiary/aromatic N) is 2. The lowest BCUT2D eigenvalue weighted by Gasteiger charge is -2.27. The molecular weight excluding hydrogens is 278 g/mol. The van der Waals surface area contributed by atoms with Gasteiger partial charge in [-0.05, 0) is 38.7 Å². The summed E-state index contributed by atoms with van der Waals surface area (Å²) < 4.78 is 4.96. The molecule has 116 valence electrons. The Kier molecular flexibility index (Phi) is 3.83. The summed E-state index contributed by atoms with van der Waals surface area (Å²) in [5.74, 6) is 0.820. The van der Waals surface area contributed by atoms with Crippen LogP contribution >= 0.6 is 0 Å². The van der Waals surface area contributed by atoms with Crippen molar-refractivity contribution in [3.63, 3.8) is 0 Å². The van der Waals surface area contributed by atoms with Gasteiger partial charge in [0.1, 0.15) is 11.4 Å². The Morgan fingerprint density at radius 3 is 2.77 bits per heavy atom. The first-order valence-corrected chi connectivity index (χ1v) is 7.60. The van der Waals surface area contributed by atoms with Crippen LogP contribution in [0.25, 0.3) is 10.9 Å². The zero-order valence-corrected chi connectivity index (χ0v) is 13.2. The zero-order valence-electron chi connectivity index (χ0n) is 13.2. The predicted molar refractivity (Wildman–Crippen MR) is 84.3 cm³/mol. The number of esters is 1. The number of carbonyl (C=O) groups excluding carboxylic acids is 1. The van der Waals surface area contributed by atoms with Crippen LogP contribution in [0.4, 0.5) is 0 Å². The van der Waals surface area contributed by atoms with Gasteiger partial charge in [-0.2, -0.15) is 0 Å². The number of rotatable bonds is 5. The molecule has 0 radical (unpaired) electrons. The quantitative estimate of drug-likeness (QED) is 0.859. The van der Waals surface area contributed by atoms with Gasteiger partial charge in [0.25, 0.3) is 0 Å². The fourth-order valence-electron chi connectivity index (χ4n) is 2.89. The summed E-state index contributed by atoms with van der Waals surface area (Å²) in [6.07, 6.45) is 2.10. The van der Waals surface area contributed by atoms with E-state index in [-0.39, 0.29) is 5.97 Å². The maximum atomic E-state index is 12.1. The molecule has 1 fully saturated rings. The number of aromatic nitrogens is 2. The van der Waals surface area contributed by atoms with E-state index in [0.717, 1.165) is 29.4 Å². The molecule has 0 saturated heterocycles. The second kappa shape index (κ2) is 5.65. The van der Waals surface area contributed by atoms with Gasteiger partial charge in [0.15, 0.2) is 0 Å². The molecule has 1 saturated carbocycles. The van der Waals surface area contributed by atoms with Crippen molar-refractivity contribution in [3.05, 3.63) is 35.8 Å². The van der Waals surface area contributed by atoms with E-state index in [1.807, 2.05) is 38.1 Å². The minimum Gasteiger partial charge on any atom is -0.468 e. The molecule has 22 heavy (non-hydrogen) atoms. The summed E-state index contributed by atoms with van der Waals surface area (Å²) in [4.78, 5) is 21.2. The van der Waals surface area contributed by atoms with Crippen molar-refractivity contribution in [3.8, 4) is 0 Å². The standard InChI is InChI=1S/C17H21N3O2/c1-11-13-6-4-5-7-14(13)20-15(19-11)10-18-17(2,12-8-9-12)16(21)22-3/h4-7,12,18H,8-10H2,1-3H3. The summed E-state index contributed by atoms with van der Waals surface area (Å²) in [6, 6.07) is 7.95. The molecule has 3 rings (SSSR count). The lowest BCUT2D eigenvalue weighted by molar-refractivity contribution is -0.149. The smallest absolute Gasteiger partial charge is 0.326 e. The lowest BCUT2D eigenvalue weighted by Crippen LogP contribution is -2.51. The molecule has 5 heteroatoms. The first kappa shape index (κ1) is 14.9. The molecule has 1 aromatic heterocycles. The van der Waals surface area contributed by atoms with Crippen LogP contribution in [0.1, 0.15) is 31.3 Å². The van der Waals surface area contributed by atoms with Crippen LogP contribution in [0.5, 0.6) is 0 Å². The molecule has 0 aliphatic heterocycles. The summed E-state index contributed by atoms with van der Waals surface area (Å²) in [6.45, 7) is 4.34. The van der Waals surface area contributed by atoms with Crippen molar-refractivity contribution in [1.29, 1.82) is 0 Å². The van der Waals surface area contributed by atoms with Crippen LogP contribution < -0.4 is 5.32 Å². The number of nitrogens with one attached hydrogen (secondary N) is 1. The lowest BCUT2D eigenvalue weighted by atomic mass is 9.96. The SMILES string of the molecule is COC(=O)C(C)(NCc1nc(C)c2ccccc2n1)C1CC1. The fourth-order valence-corrected chi connectivity index (χ4v) is 2.89. The number of hydrogen-bond acceptors (Lipinski definition) is 5. The highest BCUT2D eigenvalue weighted by molar-refractivity contribution is 5.81. The highest BCUT2D eigenvalue weighted by atomic mass is 16.5. The third-order valence-electron chi connectivity index (χ3n) is 4.46. The number of para-hydroxylation sites is 1. The molecule has 2 aromatic rings. The van der Waals surface area contributed by atoms with Gasteiger partial charge in [-0.3, -0.25) is 10.1 Å². The van der Waals surface area contributed by atoms with E-state index in [9.17, 15) is 4.79 Å². The normalized spacial score (nSPS) is 17.2. The second-order valence-electron chi connectivity index (χ2n) is 6.06. The van der Waals surface area contributed by atoms with Crippen LogP contribution in [-0.4, -0.2) is 28.6 Å². The Labute approximate surface area is 130 Å². The maximum Gasteiger partial charge on any atom is 0.326 e. The number of benzene rings is 1. The van der Waals surface area contributed by atoms with Crippen molar-refractivity contribution in [1.82, 2.24) is 15.3 Å². The molecule has 1 aliphatic carbocycles. The summed E-state index contributed by atoms with van der Waals surface area (Å²) in [7, 11) is 1.43. The van der Waals surface area contributed by atoms with Crippen molar-refractivity contribution in [2.45, 2.75) is 38.8 Å². The molecule has 5 nitrogen and oxygen atoms in total. The van der Waals surface area contributed by atoms with E-state index in [0.29, 0.717) is 18.3 Å². The number of ether oxygens (including phenoxy) is 1. The van der Waals surface area contributed by atoms with Gasteiger partial charge in [0, 0.05) is 11.1 Å². The highest BCUT2D eigenvalue weighted by Crippen LogP contribution is 2.40. The number of aryl methyl sites for hydroxylation is 1. The van der Waals surface area contributed by atoms with Crippen molar-refractivity contribution < 1.29 is 9.53 Å². The van der Waals surface area contributed by atoms with Crippen molar-refractivity contribution in [2.75, 3.05) is 7.11 Å². The summed E-state index contributed by atoms with van der Waals surface area (Å²) >= 11 is 0. The van der Waals surface area contributed by atoms with Gasteiger partial charge in [0.05, 0.1) is 19.2 Å². The molecule has 1 aromatic carbocycles. The third kappa shape index (κ3) is 2.68. The monoisotopic (exact) mass is 299 g/mol. The van der Waals surface area contributed by atoms with Crippen LogP contribution in [0, 0.1) is 12.8 Å². The zero-order chi connectivity index (χ0) is 15.7. The van der Waals surface area contributed by atoms with Gasteiger partial charge < -0.3 is 4.74 Å². The Bertz CT molecular complexity index is 712. The van der Waals surface area contributed by atoms with E-state index in [4.69, 9.17) is 4.74 Å². The Hall–Kier alpha value is -2.01. The first-order chi connectivity index (χ1) is 10.5. The van der Waals surface area contributed by atoms with Crippen LogP contribution in [0.3, 0.4) is 0 Å². The van der Waals surface area contributed by atoms with Gasteiger partial charge in [0.2, 0.25) is 0 Å². The summed E-state index contributed by atoms with van der Waals surface area (Å²) in [5, 5.41) is 4.38. The number of carbonyl (C=O) groups is 1. The van der Waals surface area contributed by atoms with Crippen LogP contribution in [0.2, 0.25) is 0 Å².